The molecule has 1 aromatic heterocycles. The highest BCUT2D eigenvalue weighted by molar-refractivity contribution is 7.98. The Morgan fingerprint density at radius 1 is 1.15 bits per heavy atom. The lowest BCUT2D eigenvalue weighted by Gasteiger charge is -2.09. The monoisotopic (exact) mass is 402 g/mol. The van der Waals surface area contributed by atoms with Gasteiger partial charge < -0.3 is 10.6 Å². The van der Waals surface area contributed by atoms with E-state index in [0.29, 0.717) is 34.7 Å². The zero-order valence-corrected chi connectivity index (χ0v) is 16.3. The van der Waals surface area contributed by atoms with Crippen molar-refractivity contribution >= 4 is 23.4 Å². The van der Waals surface area contributed by atoms with E-state index in [9.17, 15) is 4.79 Å². The second-order valence-corrected chi connectivity index (χ2v) is 7.09. The molecule has 0 radical (unpaired) electrons. The number of hydrogen-bond acceptors (Lipinski definition) is 6. The molecule has 0 aliphatic carbocycles. The molecule has 0 aliphatic heterocycles. The number of hydrogen-bond donors (Lipinski definition) is 1. The Labute approximate surface area is 166 Å². The normalized spacial score (nSPS) is 10.7. The first-order valence-corrected chi connectivity index (χ1v) is 9.76. The van der Waals surface area contributed by atoms with Gasteiger partial charge in [-0.15, -0.1) is 10.2 Å². The average Bonchev–Trinajstić information content (AvgIpc) is 2.68. The minimum Gasteiger partial charge on any atom is -0.494 e. The van der Waals surface area contributed by atoms with Gasteiger partial charge in [-0.05, 0) is 36.2 Å². The number of nitrogens with zero attached hydrogens (tertiary/aromatic N) is 3. The van der Waals surface area contributed by atoms with Gasteiger partial charge in [-0.3, -0.25) is 4.79 Å². The molecule has 2 N–H and O–H groups in total. The van der Waals surface area contributed by atoms with Crippen molar-refractivity contribution in [1.29, 1.82) is 0 Å². The van der Waals surface area contributed by atoms with Crippen LogP contribution in [0, 0.1) is 0 Å². The minimum atomic E-state index is -0.361. The molecule has 0 saturated heterocycles. The number of nitrogens with two attached hydrogens (primary N) is 1. The van der Waals surface area contributed by atoms with Crippen molar-refractivity contribution in [2.24, 2.45) is 0 Å². The maximum Gasteiger partial charge on any atom is 0.294 e. The summed E-state index contributed by atoms with van der Waals surface area (Å²) in [5, 5.41) is 9.20. The molecule has 2 aromatic carbocycles. The summed E-state index contributed by atoms with van der Waals surface area (Å²) in [7, 11) is 0. The summed E-state index contributed by atoms with van der Waals surface area (Å²) in [5.41, 5.74) is 1.81. The van der Waals surface area contributed by atoms with E-state index in [4.69, 9.17) is 22.2 Å². The van der Waals surface area contributed by atoms with Crippen molar-refractivity contribution in [1.82, 2.24) is 14.9 Å². The quantitative estimate of drug-likeness (QED) is 0.482. The second kappa shape index (κ2) is 8.92. The summed E-state index contributed by atoms with van der Waals surface area (Å²) < 4.78 is 6.46. The maximum absolute atomic E-state index is 12.5. The molecule has 6 nitrogen and oxygen atoms in total. The van der Waals surface area contributed by atoms with Gasteiger partial charge in [0, 0.05) is 17.2 Å². The number of rotatable bonds is 7. The molecule has 0 bridgehead atoms. The largest absolute Gasteiger partial charge is 0.494 e. The minimum absolute atomic E-state index is 0.295. The Bertz CT molecular complexity index is 976. The van der Waals surface area contributed by atoms with Gasteiger partial charge in [0.25, 0.3) is 5.56 Å². The third-order valence-corrected chi connectivity index (χ3v) is 5.21. The molecule has 140 valence electrons. The number of benzene rings is 2. The van der Waals surface area contributed by atoms with Crippen LogP contribution in [-0.4, -0.2) is 21.5 Å². The van der Waals surface area contributed by atoms with E-state index in [1.807, 2.05) is 55.5 Å². The Hall–Kier alpha value is -2.51. The highest BCUT2D eigenvalue weighted by Crippen LogP contribution is 2.24. The van der Waals surface area contributed by atoms with Crippen LogP contribution in [0.1, 0.15) is 23.7 Å². The van der Waals surface area contributed by atoms with Crippen molar-refractivity contribution in [2.45, 2.75) is 24.3 Å². The summed E-state index contributed by atoms with van der Waals surface area (Å²) in [4.78, 5) is 12.5. The molecule has 0 aliphatic rings. The summed E-state index contributed by atoms with van der Waals surface area (Å²) in [6.07, 6.45) is 0.352. The van der Waals surface area contributed by atoms with Gasteiger partial charge in [-0.1, -0.05) is 53.7 Å². The van der Waals surface area contributed by atoms with Crippen molar-refractivity contribution < 1.29 is 4.74 Å². The van der Waals surface area contributed by atoms with E-state index in [0.717, 1.165) is 21.6 Å². The van der Waals surface area contributed by atoms with E-state index in [1.165, 1.54) is 11.8 Å². The molecule has 3 aromatic rings. The van der Waals surface area contributed by atoms with E-state index < -0.39 is 0 Å². The summed E-state index contributed by atoms with van der Waals surface area (Å²) in [6.45, 7) is 2.54. The van der Waals surface area contributed by atoms with Crippen molar-refractivity contribution in [2.75, 3.05) is 12.4 Å². The van der Waals surface area contributed by atoms with Crippen LogP contribution in [0.25, 0.3) is 0 Å². The fourth-order valence-corrected chi connectivity index (χ4v) is 3.59. The van der Waals surface area contributed by atoms with Gasteiger partial charge in [-0.25, -0.2) is 0 Å². The molecule has 0 fully saturated rings. The third kappa shape index (κ3) is 4.81. The molecule has 0 spiro atoms. The lowest BCUT2D eigenvalue weighted by Crippen LogP contribution is -2.33. The Morgan fingerprint density at radius 2 is 1.89 bits per heavy atom. The van der Waals surface area contributed by atoms with Gasteiger partial charge in [0.2, 0.25) is 5.16 Å². The maximum atomic E-state index is 12.5. The average molecular weight is 403 g/mol. The van der Waals surface area contributed by atoms with E-state index >= 15 is 0 Å². The zero-order chi connectivity index (χ0) is 19.2. The molecule has 1 heterocycles. The predicted molar refractivity (Wildman–Crippen MR) is 108 cm³/mol. The van der Waals surface area contributed by atoms with Gasteiger partial charge in [0.15, 0.2) is 0 Å². The van der Waals surface area contributed by atoms with E-state index in [1.54, 1.807) is 0 Å². The van der Waals surface area contributed by atoms with Crippen LogP contribution in [0.2, 0.25) is 5.02 Å². The zero-order valence-electron chi connectivity index (χ0n) is 14.8. The number of ether oxygens (including phenoxy) is 1. The van der Waals surface area contributed by atoms with Crippen LogP contribution in [0.3, 0.4) is 0 Å². The van der Waals surface area contributed by atoms with Crippen LogP contribution in [0.5, 0.6) is 5.75 Å². The second-order valence-electron chi connectivity index (χ2n) is 5.74. The fourth-order valence-electron chi connectivity index (χ4n) is 2.45. The Morgan fingerprint density at radius 3 is 2.59 bits per heavy atom. The third-order valence-electron chi connectivity index (χ3n) is 3.85. The smallest absolute Gasteiger partial charge is 0.294 e. The molecule has 27 heavy (non-hydrogen) atoms. The first-order chi connectivity index (χ1) is 13.1. The molecular formula is C19H19ClN4O2S. The Kier molecular flexibility index (Phi) is 6.36. The standard InChI is InChI=1S/C19H19ClN4O2S/c1-2-26-15-9-7-13(8-10-15)11-17-18(25)24(21)19(23-22-17)27-12-14-5-3-4-6-16(14)20/h3-10H,2,11-12,21H2,1H3. The van der Waals surface area contributed by atoms with Crippen LogP contribution >= 0.6 is 23.4 Å². The van der Waals surface area contributed by atoms with E-state index in [-0.39, 0.29) is 5.56 Å². The SMILES string of the molecule is CCOc1ccc(Cc2nnc(SCc3ccccc3Cl)n(N)c2=O)cc1. The van der Waals surface area contributed by atoms with Crippen molar-refractivity contribution in [3.8, 4) is 5.75 Å². The molecule has 8 heteroatoms. The van der Waals surface area contributed by atoms with Gasteiger partial charge >= 0.3 is 0 Å². The Balaban J connectivity index is 1.72. The van der Waals surface area contributed by atoms with Crippen LogP contribution in [-0.2, 0) is 12.2 Å². The lowest BCUT2D eigenvalue weighted by atomic mass is 10.1. The van der Waals surface area contributed by atoms with Crippen molar-refractivity contribution in [3.05, 3.63) is 80.7 Å². The molecule has 0 saturated carbocycles. The summed E-state index contributed by atoms with van der Waals surface area (Å²) in [5.74, 6) is 7.26. The summed E-state index contributed by atoms with van der Waals surface area (Å²) >= 11 is 7.46. The highest BCUT2D eigenvalue weighted by Gasteiger charge is 2.12. The van der Waals surface area contributed by atoms with Crippen LogP contribution in [0.15, 0.2) is 58.5 Å². The van der Waals surface area contributed by atoms with Crippen LogP contribution < -0.4 is 16.1 Å². The summed E-state index contributed by atoms with van der Waals surface area (Å²) in [6, 6.07) is 15.0. The van der Waals surface area contributed by atoms with E-state index in [2.05, 4.69) is 10.2 Å². The number of halogens is 1. The molecular weight excluding hydrogens is 384 g/mol. The van der Waals surface area contributed by atoms with Gasteiger partial charge in [0.05, 0.1) is 6.61 Å². The predicted octanol–water partition coefficient (Wildman–Crippen LogP) is 3.29. The molecule has 0 amide bonds. The van der Waals surface area contributed by atoms with Gasteiger partial charge in [-0.2, -0.15) is 4.68 Å². The fraction of sp³-hybridized carbons (Fsp3) is 0.211. The highest BCUT2D eigenvalue weighted by atomic mass is 35.5. The molecule has 0 atom stereocenters. The van der Waals surface area contributed by atoms with Crippen LogP contribution in [0.4, 0.5) is 0 Å². The topological polar surface area (TPSA) is 83.0 Å². The number of nitrogen functional groups attached to an aromatic ring is 1. The first-order valence-electron chi connectivity index (χ1n) is 8.40. The molecule has 0 unspecified atom stereocenters. The van der Waals surface area contributed by atoms with Gasteiger partial charge in [0.1, 0.15) is 11.4 Å². The number of aromatic nitrogens is 3. The van der Waals surface area contributed by atoms with Crippen molar-refractivity contribution in [3.63, 3.8) is 0 Å². The molecule has 3 rings (SSSR count). The number of thioether (sulfide) groups is 1. The lowest BCUT2D eigenvalue weighted by molar-refractivity contribution is 0.340. The first kappa shape index (κ1) is 19.3.